The van der Waals surface area contributed by atoms with Crippen LogP contribution in [0.1, 0.15) is 76.8 Å². The van der Waals surface area contributed by atoms with Gasteiger partial charge in [-0.1, -0.05) is 37.3 Å². The van der Waals surface area contributed by atoms with E-state index < -0.39 is 11.9 Å². The molecule has 0 aromatic heterocycles. The van der Waals surface area contributed by atoms with Gasteiger partial charge in [-0.3, -0.25) is 0 Å². The molecule has 0 heterocycles. The van der Waals surface area contributed by atoms with Crippen LogP contribution in [-0.2, 0) is 6.42 Å². The molecule has 3 aromatic carbocycles. The number of carboxylic acids is 1. The van der Waals surface area contributed by atoms with Crippen LogP contribution in [0.3, 0.4) is 0 Å². The molecule has 0 amide bonds. The van der Waals surface area contributed by atoms with Gasteiger partial charge >= 0.3 is 11.9 Å². The maximum Gasteiger partial charge on any atom is 0.345 e. The van der Waals surface area contributed by atoms with E-state index in [1.54, 1.807) is 42.5 Å². The first kappa shape index (κ1) is 25.4. The Labute approximate surface area is 227 Å². The third-order valence-corrected chi connectivity index (χ3v) is 9.38. The lowest BCUT2D eigenvalue weighted by Gasteiger charge is -2.50. The van der Waals surface area contributed by atoms with E-state index in [2.05, 4.69) is 23.2 Å². The fraction of sp³-hybridized carbons (Fsp3) is 0.375. The molecule has 3 aliphatic rings. The van der Waals surface area contributed by atoms with Gasteiger partial charge < -0.3 is 14.9 Å². The van der Waals surface area contributed by atoms with Crippen molar-refractivity contribution in [3.05, 3.63) is 89.0 Å². The van der Waals surface area contributed by atoms with Crippen molar-refractivity contribution >= 4 is 23.3 Å². The largest absolute Gasteiger partial charge is 0.478 e. The van der Waals surface area contributed by atoms with Gasteiger partial charge in [0.05, 0.1) is 17.2 Å². The molecule has 0 saturated heterocycles. The SMILES string of the molecule is C[C@]12CC[C@@H]3c4ccc(OC(=O)c5ccccc5N=Nc5ccccc5C(=O)O)cc4CC[C@H]3[C@@H]1CC[C@@H]2O. The van der Waals surface area contributed by atoms with E-state index in [0.717, 1.165) is 38.5 Å². The lowest BCUT2D eigenvalue weighted by atomic mass is 9.55. The number of hydrogen-bond donors (Lipinski definition) is 2. The number of carbonyl (C=O) groups excluding carboxylic acids is 1. The molecule has 0 bridgehead atoms. The molecule has 39 heavy (non-hydrogen) atoms. The van der Waals surface area contributed by atoms with Crippen molar-refractivity contribution in [2.75, 3.05) is 0 Å². The van der Waals surface area contributed by atoms with Crippen molar-refractivity contribution in [3.8, 4) is 5.75 Å². The number of carboxylic acid groups (broad SMARTS) is 1. The first-order chi connectivity index (χ1) is 18.8. The van der Waals surface area contributed by atoms with Crippen molar-refractivity contribution in [1.82, 2.24) is 0 Å². The molecule has 3 aromatic rings. The molecule has 0 radical (unpaired) electrons. The summed E-state index contributed by atoms with van der Waals surface area (Å²) in [5.41, 5.74) is 3.43. The standard InChI is InChI=1S/C32H32N2O5/c1-32-17-16-22-21-13-11-20(18-19(21)10-12-23(22)26(32)14-15-29(32)35)39-31(38)25-7-3-5-9-28(25)34-33-27-8-4-2-6-24(27)30(36)37/h2-9,11,13,18,22-23,26,29,35H,10,12,14-17H2,1H3,(H,36,37)/t22-,23-,26+,29+,32+/m1/s1. The van der Waals surface area contributed by atoms with E-state index in [-0.39, 0.29) is 28.3 Å². The number of benzene rings is 3. The van der Waals surface area contributed by atoms with Crippen LogP contribution in [0, 0.1) is 17.3 Å². The van der Waals surface area contributed by atoms with E-state index in [4.69, 9.17) is 4.74 Å². The molecule has 2 fully saturated rings. The molecule has 0 aliphatic heterocycles. The highest BCUT2D eigenvalue weighted by molar-refractivity contribution is 5.96. The summed E-state index contributed by atoms with van der Waals surface area (Å²) in [5.74, 6) is 0.529. The number of azo groups is 1. The van der Waals surface area contributed by atoms with Gasteiger partial charge in [0.2, 0.25) is 0 Å². The molecular weight excluding hydrogens is 492 g/mol. The number of esters is 1. The molecule has 200 valence electrons. The zero-order valence-corrected chi connectivity index (χ0v) is 21.9. The highest BCUT2D eigenvalue weighted by Gasteiger charge is 2.54. The van der Waals surface area contributed by atoms with Gasteiger partial charge in [-0.15, -0.1) is 10.2 Å². The Balaban J connectivity index is 1.20. The number of rotatable bonds is 5. The summed E-state index contributed by atoms with van der Waals surface area (Å²) in [4.78, 5) is 24.6. The van der Waals surface area contributed by atoms with Crippen molar-refractivity contribution in [2.45, 2.75) is 57.5 Å². The van der Waals surface area contributed by atoms with E-state index >= 15 is 0 Å². The Morgan fingerprint density at radius 2 is 1.59 bits per heavy atom. The van der Waals surface area contributed by atoms with Crippen molar-refractivity contribution in [2.24, 2.45) is 27.5 Å². The summed E-state index contributed by atoms with van der Waals surface area (Å²) in [6.45, 7) is 2.28. The van der Waals surface area contributed by atoms with Crippen LogP contribution >= 0.6 is 0 Å². The molecule has 0 spiro atoms. The fourth-order valence-electron chi connectivity index (χ4n) is 7.34. The molecular formula is C32H32N2O5. The van der Waals surface area contributed by atoms with Crippen LogP contribution in [-0.4, -0.2) is 28.3 Å². The third kappa shape index (κ3) is 4.55. The summed E-state index contributed by atoms with van der Waals surface area (Å²) in [6, 6.07) is 19.1. The molecule has 0 unspecified atom stereocenters. The number of ether oxygens (including phenoxy) is 1. The summed E-state index contributed by atoms with van der Waals surface area (Å²) < 4.78 is 5.79. The highest BCUT2D eigenvalue weighted by atomic mass is 16.5. The average molecular weight is 525 g/mol. The zero-order chi connectivity index (χ0) is 27.1. The molecule has 5 atom stereocenters. The van der Waals surface area contributed by atoms with Gasteiger partial charge in [-0.2, -0.15) is 0 Å². The Morgan fingerprint density at radius 1 is 0.897 bits per heavy atom. The van der Waals surface area contributed by atoms with Crippen LogP contribution in [0.15, 0.2) is 77.0 Å². The minimum Gasteiger partial charge on any atom is -0.478 e. The van der Waals surface area contributed by atoms with E-state index in [1.165, 1.54) is 17.2 Å². The van der Waals surface area contributed by atoms with E-state index in [1.807, 2.05) is 12.1 Å². The predicted octanol–water partition coefficient (Wildman–Crippen LogP) is 7.24. The maximum atomic E-state index is 13.2. The Morgan fingerprint density at radius 3 is 2.33 bits per heavy atom. The average Bonchev–Trinajstić information content (AvgIpc) is 3.26. The highest BCUT2D eigenvalue weighted by Crippen LogP contribution is 2.60. The van der Waals surface area contributed by atoms with Crippen LogP contribution < -0.4 is 4.74 Å². The summed E-state index contributed by atoms with van der Waals surface area (Å²) in [5, 5.41) is 28.3. The first-order valence-electron chi connectivity index (χ1n) is 13.7. The Hall–Kier alpha value is -3.84. The lowest BCUT2D eigenvalue weighted by molar-refractivity contribution is -0.0226. The summed E-state index contributed by atoms with van der Waals surface area (Å²) >= 11 is 0. The Bertz CT molecular complexity index is 1470. The number of nitrogens with zero attached hydrogens (tertiary/aromatic N) is 2. The van der Waals surface area contributed by atoms with Crippen LogP contribution in [0.5, 0.6) is 5.75 Å². The lowest BCUT2D eigenvalue weighted by Crippen LogP contribution is -2.43. The second kappa shape index (κ2) is 10.0. The van der Waals surface area contributed by atoms with E-state index in [0.29, 0.717) is 29.2 Å². The summed E-state index contributed by atoms with van der Waals surface area (Å²) in [6.07, 6.45) is 6.03. The van der Waals surface area contributed by atoms with Crippen LogP contribution in [0.2, 0.25) is 0 Å². The number of aryl methyl sites for hydroxylation is 1. The first-order valence-corrected chi connectivity index (χ1v) is 13.7. The minimum absolute atomic E-state index is 0.0318. The molecule has 2 saturated carbocycles. The molecule has 3 aliphatic carbocycles. The van der Waals surface area contributed by atoms with Gasteiger partial charge in [-0.05, 0) is 109 Å². The molecule has 6 rings (SSSR count). The topological polar surface area (TPSA) is 109 Å². The number of hydrogen-bond acceptors (Lipinski definition) is 6. The summed E-state index contributed by atoms with van der Waals surface area (Å²) in [7, 11) is 0. The quantitative estimate of drug-likeness (QED) is 0.208. The number of aromatic carboxylic acids is 1. The number of aliphatic hydroxyl groups excluding tert-OH is 1. The van der Waals surface area contributed by atoms with Crippen molar-refractivity contribution in [3.63, 3.8) is 0 Å². The smallest absolute Gasteiger partial charge is 0.345 e. The van der Waals surface area contributed by atoms with Crippen molar-refractivity contribution in [1.29, 1.82) is 0 Å². The number of aliphatic hydroxyl groups is 1. The minimum atomic E-state index is -1.10. The zero-order valence-electron chi connectivity index (χ0n) is 21.9. The maximum absolute atomic E-state index is 13.2. The van der Waals surface area contributed by atoms with Gasteiger partial charge in [-0.25, -0.2) is 9.59 Å². The molecule has 2 N–H and O–H groups in total. The van der Waals surface area contributed by atoms with Crippen molar-refractivity contribution < 1.29 is 24.5 Å². The van der Waals surface area contributed by atoms with Gasteiger partial charge in [0, 0.05) is 0 Å². The molecule has 7 nitrogen and oxygen atoms in total. The molecule has 7 heteroatoms. The van der Waals surface area contributed by atoms with Gasteiger partial charge in [0.1, 0.15) is 17.1 Å². The third-order valence-electron chi connectivity index (χ3n) is 9.38. The monoisotopic (exact) mass is 524 g/mol. The van der Waals surface area contributed by atoms with Gasteiger partial charge in [0.15, 0.2) is 0 Å². The number of carbonyl (C=O) groups is 2. The Kier molecular flexibility index (Phi) is 6.55. The predicted molar refractivity (Wildman–Crippen MR) is 146 cm³/mol. The van der Waals surface area contributed by atoms with Crippen LogP contribution in [0.4, 0.5) is 11.4 Å². The second-order valence-corrected chi connectivity index (χ2v) is 11.3. The second-order valence-electron chi connectivity index (χ2n) is 11.3. The number of fused-ring (bicyclic) bond motifs is 5. The normalized spacial score (nSPS) is 27.4. The van der Waals surface area contributed by atoms with Crippen LogP contribution in [0.25, 0.3) is 0 Å². The van der Waals surface area contributed by atoms with E-state index in [9.17, 15) is 19.8 Å². The fourth-order valence-corrected chi connectivity index (χ4v) is 7.34. The van der Waals surface area contributed by atoms with Gasteiger partial charge in [0.25, 0.3) is 0 Å².